The Morgan fingerprint density at radius 3 is 2.50 bits per heavy atom. The molecule has 2 aromatic rings. The lowest BCUT2D eigenvalue weighted by Crippen LogP contribution is -2.17. The lowest BCUT2D eigenvalue weighted by Gasteiger charge is -2.14. The monoisotopic (exact) mass is 322 g/mol. The van der Waals surface area contributed by atoms with Crippen LogP contribution >= 0.6 is 0 Å². The van der Waals surface area contributed by atoms with Crippen molar-refractivity contribution in [3.05, 3.63) is 58.7 Å². The number of benzene rings is 2. The Bertz CT molecular complexity index is 824. The molecule has 2 N–H and O–H groups in total. The minimum absolute atomic E-state index is 0.0256. The van der Waals surface area contributed by atoms with Gasteiger partial charge in [0, 0.05) is 16.9 Å². The van der Waals surface area contributed by atoms with Crippen LogP contribution < -0.4 is 10.6 Å². The lowest BCUT2D eigenvalue weighted by atomic mass is 9.89. The summed E-state index contributed by atoms with van der Waals surface area (Å²) in [6, 6.07) is 11.2. The highest BCUT2D eigenvalue weighted by molar-refractivity contribution is 6.06. The van der Waals surface area contributed by atoms with Crippen molar-refractivity contribution in [1.82, 2.24) is 0 Å². The Kier molecular flexibility index (Phi) is 4.14. The zero-order valence-corrected chi connectivity index (χ0v) is 14.4. The van der Waals surface area contributed by atoms with Gasteiger partial charge in [0.15, 0.2) is 0 Å². The zero-order chi connectivity index (χ0) is 17.4. The summed E-state index contributed by atoms with van der Waals surface area (Å²) in [7, 11) is 0. The van der Waals surface area contributed by atoms with E-state index in [1.807, 2.05) is 64.1 Å². The topological polar surface area (TPSA) is 58.2 Å². The van der Waals surface area contributed by atoms with Crippen LogP contribution in [0, 0.1) is 19.8 Å². The summed E-state index contributed by atoms with van der Waals surface area (Å²) in [5.74, 6) is -0.0792. The second-order valence-electron chi connectivity index (χ2n) is 6.77. The molecule has 1 aliphatic heterocycles. The molecule has 2 amide bonds. The molecule has 0 aromatic heterocycles. The van der Waals surface area contributed by atoms with Crippen molar-refractivity contribution >= 4 is 23.2 Å². The molecule has 0 saturated heterocycles. The number of nitrogens with one attached hydrogen (secondary N) is 2. The summed E-state index contributed by atoms with van der Waals surface area (Å²) >= 11 is 0. The van der Waals surface area contributed by atoms with Gasteiger partial charge in [-0.2, -0.15) is 0 Å². The van der Waals surface area contributed by atoms with Crippen LogP contribution in [0.4, 0.5) is 11.4 Å². The number of rotatable bonds is 3. The largest absolute Gasteiger partial charge is 0.325 e. The van der Waals surface area contributed by atoms with Gasteiger partial charge in [-0.1, -0.05) is 19.9 Å². The lowest BCUT2D eigenvalue weighted by molar-refractivity contribution is -0.117. The maximum absolute atomic E-state index is 12.5. The maximum atomic E-state index is 12.5. The summed E-state index contributed by atoms with van der Waals surface area (Å²) in [5, 5.41) is 5.83. The molecule has 0 spiro atoms. The van der Waals surface area contributed by atoms with E-state index in [-0.39, 0.29) is 23.7 Å². The standard InChI is InChI=1S/C20H22N2O2/c1-11(2)18-16-10-15(7-8-17(16)22-20(18)24)21-19(23)14-6-5-12(3)13(4)9-14/h5-11,18H,1-4H3,(H,21,23)(H,22,24). The van der Waals surface area contributed by atoms with Crippen LogP contribution in [-0.2, 0) is 4.79 Å². The second-order valence-corrected chi connectivity index (χ2v) is 6.77. The van der Waals surface area contributed by atoms with Crippen LogP contribution in [0.2, 0.25) is 0 Å². The van der Waals surface area contributed by atoms with Crippen LogP contribution in [0.3, 0.4) is 0 Å². The van der Waals surface area contributed by atoms with Gasteiger partial charge in [-0.05, 0) is 66.8 Å². The molecule has 1 heterocycles. The first-order valence-corrected chi connectivity index (χ1v) is 8.20. The molecule has 3 rings (SSSR count). The fourth-order valence-corrected chi connectivity index (χ4v) is 3.11. The van der Waals surface area contributed by atoms with Gasteiger partial charge < -0.3 is 10.6 Å². The van der Waals surface area contributed by atoms with Gasteiger partial charge in [0.1, 0.15) is 0 Å². The number of hydrogen-bond acceptors (Lipinski definition) is 2. The van der Waals surface area contributed by atoms with Crippen molar-refractivity contribution in [2.45, 2.75) is 33.6 Å². The van der Waals surface area contributed by atoms with Crippen molar-refractivity contribution in [3.8, 4) is 0 Å². The molecule has 2 aromatic carbocycles. The van der Waals surface area contributed by atoms with Crippen molar-refractivity contribution in [1.29, 1.82) is 0 Å². The van der Waals surface area contributed by atoms with E-state index in [9.17, 15) is 9.59 Å². The quantitative estimate of drug-likeness (QED) is 0.887. The molecule has 0 radical (unpaired) electrons. The van der Waals surface area contributed by atoms with Crippen molar-refractivity contribution < 1.29 is 9.59 Å². The minimum atomic E-state index is -0.168. The van der Waals surface area contributed by atoms with E-state index >= 15 is 0 Å². The first kappa shape index (κ1) is 16.2. The van der Waals surface area contributed by atoms with E-state index in [1.54, 1.807) is 0 Å². The average Bonchev–Trinajstić information content (AvgIpc) is 2.85. The number of hydrogen-bond donors (Lipinski definition) is 2. The van der Waals surface area contributed by atoms with Crippen molar-refractivity contribution in [2.75, 3.05) is 10.6 Å². The first-order chi connectivity index (χ1) is 11.4. The van der Waals surface area contributed by atoms with E-state index in [0.29, 0.717) is 11.3 Å². The van der Waals surface area contributed by atoms with Gasteiger partial charge in [-0.3, -0.25) is 9.59 Å². The van der Waals surface area contributed by atoms with Crippen molar-refractivity contribution in [2.24, 2.45) is 5.92 Å². The highest BCUT2D eigenvalue weighted by Gasteiger charge is 2.33. The van der Waals surface area contributed by atoms with E-state index in [0.717, 1.165) is 22.4 Å². The van der Waals surface area contributed by atoms with Gasteiger partial charge in [0.05, 0.1) is 5.92 Å². The highest BCUT2D eigenvalue weighted by atomic mass is 16.2. The molecule has 0 aliphatic carbocycles. The third-order valence-electron chi connectivity index (χ3n) is 4.62. The molecule has 0 saturated carbocycles. The maximum Gasteiger partial charge on any atom is 0.255 e. The SMILES string of the molecule is Cc1ccc(C(=O)Nc2ccc3c(c2)C(C(C)C)C(=O)N3)cc1C. The summed E-state index contributed by atoms with van der Waals surface area (Å²) in [6.07, 6.45) is 0. The summed E-state index contributed by atoms with van der Waals surface area (Å²) < 4.78 is 0. The Labute approximate surface area is 142 Å². The molecular weight excluding hydrogens is 300 g/mol. The van der Waals surface area contributed by atoms with E-state index in [2.05, 4.69) is 10.6 Å². The van der Waals surface area contributed by atoms with Gasteiger partial charge in [-0.25, -0.2) is 0 Å². The predicted molar refractivity (Wildman–Crippen MR) is 96.5 cm³/mol. The van der Waals surface area contributed by atoms with Crippen molar-refractivity contribution in [3.63, 3.8) is 0 Å². The molecule has 124 valence electrons. The predicted octanol–water partition coefficient (Wildman–Crippen LogP) is 4.25. The molecule has 1 unspecified atom stereocenters. The fraction of sp³-hybridized carbons (Fsp3) is 0.300. The van der Waals surface area contributed by atoms with E-state index in [1.165, 1.54) is 0 Å². The molecule has 4 heteroatoms. The summed E-state index contributed by atoms with van der Waals surface area (Å²) in [5.41, 5.74) is 5.38. The highest BCUT2D eigenvalue weighted by Crippen LogP contribution is 2.38. The zero-order valence-electron chi connectivity index (χ0n) is 14.4. The Morgan fingerprint density at radius 1 is 1.08 bits per heavy atom. The normalized spacial score (nSPS) is 16.0. The molecule has 0 fully saturated rings. The number of aryl methyl sites for hydroxylation is 2. The van der Waals surface area contributed by atoms with Crippen LogP contribution in [0.25, 0.3) is 0 Å². The van der Waals surface area contributed by atoms with Gasteiger partial charge >= 0.3 is 0 Å². The summed E-state index contributed by atoms with van der Waals surface area (Å²) in [6.45, 7) is 8.07. The Morgan fingerprint density at radius 2 is 1.83 bits per heavy atom. The number of carbonyl (C=O) groups is 2. The van der Waals surface area contributed by atoms with Crippen LogP contribution in [-0.4, -0.2) is 11.8 Å². The van der Waals surface area contributed by atoms with Crippen LogP contribution in [0.5, 0.6) is 0 Å². The molecule has 4 nitrogen and oxygen atoms in total. The van der Waals surface area contributed by atoms with E-state index in [4.69, 9.17) is 0 Å². The summed E-state index contributed by atoms with van der Waals surface area (Å²) in [4.78, 5) is 24.6. The first-order valence-electron chi connectivity index (χ1n) is 8.20. The van der Waals surface area contributed by atoms with Gasteiger partial charge in [0.2, 0.25) is 5.91 Å². The average molecular weight is 322 g/mol. The second kappa shape index (κ2) is 6.11. The number of carbonyl (C=O) groups excluding carboxylic acids is 2. The third kappa shape index (κ3) is 2.92. The number of fused-ring (bicyclic) bond motifs is 1. The van der Waals surface area contributed by atoms with Crippen LogP contribution in [0.15, 0.2) is 36.4 Å². The van der Waals surface area contributed by atoms with Crippen LogP contribution in [0.1, 0.15) is 46.8 Å². The van der Waals surface area contributed by atoms with Gasteiger partial charge in [-0.15, -0.1) is 0 Å². The molecule has 24 heavy (non-hydrogen) atoms. The minimum Gasteiger partial charge on any atom is -0.325 e. The Hall–Kier alpha value is -2.62. The smallest absolute Gasteiger partial charge is 0.255 e. The molecule has 1 aliphatic rings. The van der Waals surface area contributed by atoms with E-state index < -0.39 is 0 Å². The Balaban J connectivity index is 1.85. The molecular formula is C20H22N2O2. The third-order valence-corrected chi connectivity index (χ3v) is 4.62. The van der Waals surface area contributed by atoms with Gasteiger partial charge in [0.25, 0.3) is 5.91 Å². The number of amides is 2. The number of anilines is 2. The molecule has 0 bridgehead atoms. The molecule has 1 atom stereocenters. The fourth-order valence-electron chi connectivity index (χ4n) is 3.11.